The second kappa shape index (κ2) is 8.81. The zero-order valence-corrected chi connectivity index (χ0v) is 19.1. The molecule has 0 aliphatic carbocycles. The van der Waals surface area contributed by atoms with Crippen LogP contribution >= 0.6 is 0 Å². The van der Waals surface area contributed by atoms with Gasteiger partial charge in [-0.25, -0.2) is 4.79 Å². The van der Waals surface area contributed by atoms with Crippen LogP contribution < -0.4 is 20.5 Å². The van der Waals surface area contributed by atoms with Crippen LogP contribution in [0.4, 0.5) is 5.69 Å². The van der Waals surface area contributed by atoms with Gasteiger partial charge in [0.2, 0.25) is 17.6 Å². The fraction of sp³-hybridized carbons (Fsp3) is 0.304. The Labute approximate surface area is 189 Å². The van der Waals surface area contributed by atoms with E-state index in [4.69, 9.17) is 14.0 Å². The van der Waals surface area contributed by atoms with E-state index in [-0.39, 0.29) is 24.2 Å². The van der Waals surface area contributed by atoms with Gasteiger partial charge < -0.3 is 19.3 Å². The molecular formula is C23H25N5O5. The number of nitrogens with one attached hydrogen (secondary N) is 1. The lowest BCUT2D eigenvalue weighted by Gasteiger charge is -2.10. The highest BCUT2D eigenvalue weighted by molar-refractivity contribution is 5.92. The van der Waals surface area contributed by atoms with E-state index in [9.17, 15) is 9.59 Å². The van der Waals surface area contributed by atoms with Crippen LogP contribution in [0.3, 0.4) is 0 Å². The van der Waals surface area contributed by atoms with E-state index in [2.05, 4.69) is 15.5 Å². The van der Waals surface area contributed by atoms with E-state index in [0.717, 1.165) is 5.52 Å². The summed E-state index contributed by atoms with van der Waals surface area (Å²) in [7, 11) is 3.06. The highest BCUT2D eigenvalue weighted by Crippen LogP contribution is 2.27. The molecular weight excluding hydrogens is 426 g/mol. The smallest absolute Gasteiger partial charge is 0.329 e. The third kappa shape index (κ3) is 4.32. The Bertz CT molecular complexity index is 1360. The summed E-state index contributed by atoms with van der Waals surface area (Å²) in [5.41, 5.74) is 2.23. The molecule has 0 bridgehead atoms. The molecule has 1 N–H and O–H groups in total. The van der Waals surface area contributed by atoms with E-state index < -0.39 is 0 Å². The summed E-state index contributed by atoms with van der Waals surface area (Å²) in [6.07, 6.45) is 0. The van der Waals surface area contributed by atoms with Crippen molar-refractivity contribution in [1.29, 1.82) is 0 Å². The molecule has 0 aliphatic rings. The molecule has 0 spiro atoms. The molecule has 172 valence electrons. The van der Waals surface area contributed by atoms with Gasteiger partial charge in [0.15, 0.2) is 0 Å². The number of aryl methyl sites for hydroxylation is 1. The van der Waals surface area contributed by atoms with Crippen molar-refractivity contribution in [1.82, 2.24) is 19.3 Å². The second-order valence-electron chi connectivity index (χ2n) is 7.82. The minimum Gasteiger partial charge on any atom is -0.497 e. The third-order valence-electron chi connectivity index (χ3n) is 5.20. The number of fused-ring (bicyclic) bond motifs is 1. The van der Waals surface area contributed by atoms with Crippen molar-refractivity contribution in [2.75, 3.05) is 19.5 Å². The maximum absolute atomic E-state index is 13.2. The Balaban J connectivity index is 1.72. The molecule has 10 heteroatoms. The Morgan fingerprint density at radius 3 is 2.36 bits per heavy atom. The molecule has 2 aromatic carbocycles. The number of imidazole rings is 1. The van der Waals surface area contributed by atoms with Crippen LogP contribution in [-0.2, 0) is 11.3 Å². The summed E-state index contributed by atoms with van der Waals surface area (Å²) in [4.78, 5) is 30.4. The summed E-state index contributed by atoms with van der Waals surface area (Å²) in [5.74, 6) is 1.57. The van der Waals surface area contributed by atoms with Gasteiger partial charge >= 0.3 is 5.69 Å². The fourth-order valence-corrected chi connectivity index (χ4v) is 3.71. The highest BCUT2D eigenvalue weighted by atomic mass is 16.5. The predicted octanol–water partition coefficient (Wildman–Crippen LogP) is 3.40. The highest BCUT2D eigenvalue weighted by Gasteiger charge is 2.19. The molecule has 4 aromatic rings. The largest absolute Gasteiger partial charge is 0.497 e. The van der Waals surface area contributed by atoms with Gasteiger partial charge in [0.05, 0.1) is 25.3 Å². The molecule has 1 amide bonds. The van der Waals surface area contributed by atoms with Gasteiger partial charge in [-0.3, -0.25) is 13.9 Å². The first kappa shape index (κ1) is 22.1. The number of ether oxygens (including phenoxy) is 2. The number of benzene rings is 2. The van der Waals surface area contributed by atoms with Crippen molar-refractivity contribution in [2.45, 2.75) is 33.4 Å². The van der Waals surface area contributed by atoms with Gasteiger partial charge in [0.1, 0.15) is 18.0 Å². The number of methoxy groups -OCH3 is 2. The molecule has 0 aliphatic heterocycles. The molecule has 33 heavy (non-hydrogen) atoms. The second-order valence-corrected chi connectivity index (χ2v) is 7.82. The predicted molar refractivity (Wildman–Crippen MR) is 123 cm³/mol. The van der Waals surface area contributed by atoms with E-state index in [1.54, 1.807) is 35.8 Å². The van der Waals surface area contributed by atoms with Gasteiger partial charge in [-0.1, -0.05) is 5.16 Å². The average molecular weight is 451 g/mol. The summed E-state index contributed by atoms with van der Waals surface area (Å²) in [6.45, 7) is 5.37. The van der Waals surface area contributed by atoms with Crippen molar-refractivity contribution < 1.29 is 18.8 Å². The van der Waals surface area contributed by atoms with E-state index in [0.29, 0.717) is 40.0 Å². The molecule has 10 nitrogen and oxygen atoms in total. The number of amides is 1. The number of anilines is 1. The number of rotatable bonds is 7. The lowest BCUT2D eigenvalue weighted by molar-refractivity contribution is -0.116. The molecule has 2 aromatic heterocycles. The molecule has 0 saturated carbocycles. The molecule has 4 rings (SSSR count). The molecule has 0 atom stereocenters. The van der Waals surface area contributed by atoms with E-state index >= 15 is 0 Å². The van der Waals surface area contributed by atoms with Crippen LogP contribution in [0.15, 0.2) is 45.7 Å². The fourth-order valence-electron chi connectivity index (χ4n) is 3.71. The lowest BCUT2D eigenvalue weighted by Crippen LogP contribution is -2.30. The Kier molecular flexibility index (Phi) is 5.91. The van der Waals surface area contributed by atoms with Gasteiger partial charge in [0.25, 0.3) is 0 Å². The van der Waals surface area contributed by atoms with Crippen molar-refractivity contribution in [3.8, 4) is 22.9 Å². The zero-order chi connectivity index (χ0) is 23.7. The van der Waals surface area contributed by atoms with Gasteiger partial charge in [-0.05, 0) is 32.0 Å². The Hall–Kier alpha value is -4.08. The van der Waals surface area contributed by atoms with Crippen LogP contribution in [0.25, 0.3) is 22.4 Å². The number of carbonyl (C=O) groups is 1. The first-order valence-electron chi connectivity index (χ1n) is 10.4. The molecule has 0 fully saturated rings. The molecule has 0 saturated heterocycles. The van der Waals surface area contributed by atoms with Crippen LogP contribution in [0, 0.1) is 6.92 Å². The molecule has 0 radical (unpaired) electrons. The monoisotopic (exact) mass is 451 g/mol. The van der Waals surface area contributed by atoms with Gasteiger partial charge in [-0.15, -0.1) is 0 Å². The topological polar surface area (TPSA) is 113 Å². The first-order valence-corrected chi connectivity index (χ1v) is 10.4. The summed E-state index contributed by atoms with van der Waals surface area (Å²) >= 11 is 0. The number of hydrogen-bond donors (Lipinski definition) is 1. The SMILES string of the molecule is COc1cc(NC(=O)Cn2c(=O)n(C(C)C)c3ccc(-c4noc(C)n4)cc32)cc(OC)c1. The minimum atomic E-state index is -0.365. The Morgan fingerprint density at radius 1 is 1.09 bits per heavy atom. The van der Waals surface area contributed by atoms with Crippen molar-refractivity contribution in [3.63, 3.8) is 0 Å². The minimum absolute atomic E-state index is 0.0924. The number of nitrogens with zero attached hydrogens (tertiary/aromatic N) is 4. The van der Waals surface area contributed by atoms with Gasteiger partial charge in [-0.2, -0.15) is 4.98 Å². The number of hydrogen-bond acceptors (Lipinski definition) is 7. The maximum atomic E-state index is 13.2. The van der Waals surface area contributed by atoms with Crippen molar-refractivity contribution in [2.24, 2.45) is 0 Å². The normalized spacial score (nSPS) is 11.2. The zero-order valence-electron chi connectivity index (χ0n) is 19.1. The van der Waals surface area contributed by atoms with Crippen LogP contribution in [0.2, 0.25) is 0 Å². The van der Waals surface area contributed by atoms with Gasteiger partial charge in [0, 0.05) is 42.4 Å². The number of aromatic nitrogens is 4. The van der Waals surface area contributed by atoms with Crippen molar-refractivity contribution >= 4 is 22.6 Å². The number of carbonyl (C=O) groups excluding carboxylic acids is 1. The maximum Gasteiger partial charge on any atom is 0.329 e. The average Bonchev–Trinajstić information content (AvgIpc) is 3.34. The summed E-state index contributed by atoms with van der Waals surface area (Å²) in [6, 6.07) is 10.4. The third-order valence-corrected chi connectivity index (χ3v) is 5.20. The quantitative estimate of drug-likeness (QED) is 0.458. The standard InChI is InChI=1S/C23H25N5O5/c1-13(2)28-19-7-6-15(22-24-14(3)33-26-22)8-20(19)27(23(28)30)12-21(29)25-16-9-17(31-4)11-18(10-16)32-5/h6-11,13H,12H2,1-5H3,(H,25,29). The molecule has 2 heterocycles. The van der Waals surface area contributed by atoms with E-state index in [1.807, 2.05) is 26.0 Å². The lowest BCUT2D eigenvalue weighted by atomic mass is 10.2. The van der Waals surface area contributed by atoms with Crippen LogP contribution in [0.1, 0.15) is 25.8 Å². The van der Waals surface area contributed by atoms with Crippen molar-refractivity contribution in [3.05, 3.63) is 52.8 Å². The summed E-state index contributed by atoms with van der Waals surface area (Å²) in [5, 5.41) is 6.77. The van der Waals surface area contributed by atoms with E-state index in [1.165, 1.54) is 18.8 Å². The van der Waals surface area contributed by atoms with Crippen LogP contribution in [0.5, 0.6) is 11.5 Å². The first-order chi connectivity index (χ1) is 15.8. The Morgan fingerprint density at radius 2 is 1.79 bits per heavy atom. The van der Waals surface area contributed by atoms with Crippen LogP contribution in [-0.4, -0.2) is 39.4 Å². The summed E-state index contributed by atoms with van der Waals surface area (Å²) < 4.78 is 18.7. The molecule has 0 unspecified atom stereocenters.